The molecule has 21 heavy (non-hydrogen) atoms. The van der Waals surface area contributed by atoms with E-state index in [2.05, 4.69) is 47.8 Å². The lowest BCUT2D eigenvalue weighted by atomic mass is 9.98. The third kappa shape index (κ3) is 4.08. The van der Waals surface area contributed by atoms with Crippen LogP contribution in [0.25, 0.3) is 0 Å². The van der Waals surface area contributed by atoms with Gasteiger partial charge in [-0.1, -0.05) is 24.6 Å². The lowest BCUT2D eigenvalue weighted by Crippen LogP contribution is -2.26. The van der Waals surface area contributed by atoms with Crippen LogP contribution in [-0.2, 0) is 13.0 Å². The highest BCUT2D eigenvalue weighted by Gasteiger charge is 2.16. The van der Waals surface area contributed by atoms with Crippen LogP contribution in [-0.4, -0.2) is 16.1 Å². The van der Waals surface area contributed by atoms with Crippen LogP contribution in [0.5, 0.6) is 0 Å². The number of hydrogen-bond donors (Lipinski definition) is 1. The minimum atomic E-state index is 0.247. The molecule has 4 heteroatoms. The van der Waals surface area contributed by atoms with Crippen molar-refractivity contribution in [3.63, 3.8) is 0 Å². The minimum Gasteiger partial charge on any atom is -0.335 e. The summed E-state index contributed by atoms with van der Waals surface area (Å²) in [7, 11) is 0. The van der Waals surface area contributed by atoms with Crippen LogP contribution in [0, 0.1) is 6.92 Å². The number of nitrogens with one attached hydrogen (secondary N) is 1. The van der Waals surface area contributed by atoms with Gasteiger partial charge in [0.2, 0.25) is 0 Å². The zero-order valence-electron chi connectivity index (χ0n) is 13.1. The standard InChI is InChI=1S/C17H24ClN3/c1-4-8-19-16(12-17-20-9-10-21(17)5-2)15-11-14(18)7-6-13(15)3/h6-7,9-11,16,19H,4-5,8,12H2,1-3H3. The van der Waals surface area contributed by atoms with Gasteiger partial charge in [-0.3, -0.25) is 0 Å². The second-order valence-electron chi connectivity index (χ2n) is 5.34. The van der Waals surface area contributed by atoms with Crippen LogP contribution < -0.4 is 5.32 Å². The normalized spacial score (nSPS) is 12.6. The Balaban J connectivity index is 2.27. The fraction of sp³-hybridized carbons (Fsp3) is 0.471. The van der Waals surface area contributed by atoms with E-state index in [0.717, 1.165) is 36.8 Å². The van der Waals surface area contributed by atoms with E-state index in [9.17, 15) is 0 Å². The van der Waals surface area contributed by atoms with Crippen molar-refractivity contribution in [2.75, 3.05) is 6.54 Å². The predicted octanol–water partition coefficient (Wildman–Crippen LogP) is 4.15. The lowest BCUT2D eigenvalue weighted by molar-refractivity contribution is 0.505. The predicted molar refractivity (Wildman–Crippen MR) is 88.8 cm³/mol. The number of benzene rings is 1. The molecule has 1 aromatic carbocycles. The fourth-order valence-electron chi connectivity index (χ4n) is 2.60. The molecule has 1 aromatic heterocycles. The first-order valence-corrected chi connectivity index (χ1v) is 8.03. The van der Waals surface area contributed by atoms with Gasteiger partial charge in [-0.05, 0) is 50.1 Å². The SMILES string of the molecule is CCCNC(Cc1nccn1CC)c1cc(Cl)ccc1C. The molecule has 1 unspecified atom stereocenters. The van der Waals surface area contributed by atoms with Crippen LogP contribution >= 0.6 is 11.6 Å². The fourth-order valence-corrected chi connectivity index (χ4v) is 2.78. The molecule has 3 nitrogen and oxygen atoms in total. The average molecular weight is 306 g/mol. The molecule has 114 valence electrons. The zero-order chi connectivity index (χ0) is 15.2. The first kappa shape index (κ1) is 16.1. The van der Waals surface area contributed by atoms with Crippen molar-refractivity contribution >= 4 is 11.6 Å². The van der Waals surface area contributed by atoms with Gasteiger partial charge in [-0.25, -0.2) is 4.98 Å². The monoisotopic (exact) mass is 305 g/mol. The maximum atomic E-state index is 6.19. The Kier molecular flexibility index (Phi) is 5.83. The van der Waals surface area contributed by atoms with Gasteiger partial charge in [0.1, 0.15) is 5.82 Å². The number of rotatable bonds is 7. The molecule has 0 fully saturated rings. The summed E-state index contributed by atoms with van der Waals surface area (Å²) >= 11 is 6.19. The second-order valence-corrected chi connectivity index (χ2v) is 5.78. The molecule has 2 aromatic rings. The Bertz CT molecular complexity index is 577. The van der Waals surface area contributed by atoms with E-state index in [1.807, 2.05) is 18.5 Å². The smallest absolute Gasteiger partial charge is 0.110 e. The molecule has 0 bridgehead atoms. The van der Waals surface area contributed by atoms with Gasteiger partial charge in [-0.2, -0.15) is 0 Å². The highest BCUT2D eigenvalue weighted by atomic mass is 35.5. The van der Waals surface area contributed by atoms with E-state index >= 15 is 0 Å². The van der Waals surface area contributed by atoms with Crippen LogP contribution in [0.1, 0.15) is 43.3 Å². The van der Waals surface area contributed by atoms with Gasteiger partial charge in [-0.15, -0.1) is 0 Å². The van der Waals surface area contributed by atoms with Crippen LogP contribution in [0.2, 0.25) is 5.02 Å². The highest BCUT2D eigenvalue weighted by Crippen LogP contribution is 2.24. The summed E-state index contributed by atoms with van der Waals surface area (Å²) in [5, 5.41) is 4.42. The van der Waals surface area contributed by atoms with Crippen LogP contribution in [0.15, 0.2) is 30.6 Å². The molecular weight excluding hydrogens is 282 g/mol. The molecule has 0 aliphatic rings. The van der Waals surface area contributed by atoms with E-state index in [0.29, 0.717) is 0 Å². The maximum absolute atomic E-state index is 6.19. The number of nitrogens with zero attached hydrogens (tertiary/aromatic N) is 2. The third-order valence-corrected chi connectivity index (χ3v) is 4.02. The Morgan fingerprint density at radius 1 is 1.33 bits per heavy atom. The number of hydrogen-bond acceptors (Lipinski definition) is 2. The van der Waals surface area contributed by atoms with Crippen molar-refractivity contribution in [1.82, 2.24) is 14.9 Å². The van der Waals surface area contributed by atoms with Gasteiger partial charge < -0.3 is 9.88 Å². The summed E-state index contributed by atoms with van der Waals surface area (Å²) in [4.78, 5) is 4.50. The summed E-state index contributed by atoms with van der Waals surface area (Å²) in [6.07, 6.45) is 5.90. The van der Waals surface area contributed by atoms with Gasteiger partial charge in [0.15, 0.2) is 0 Å². The minimum absolute atomic E-state index is 0.247. The highest BCUT2D eigenvalue weighted by molar-refractivity contribution is 6.30. The number of halogens is 1. The van der Waals surface area contributed by atoms with E-state index in [1.54, 1.807) is 0 Å². The first-order chi connectivity index (χ1) is 10.2. The average Bonchev–Trinajstić information content (AvgIpc) is 2.93. The molecule has 0 aliphatic heterocycles. The molecule has 1 atom stereocenters. The summed E-state index contributed by atoms with van der Waals surface area (Å²) in [5.41, 5.74) is 2.53. The molecular formula is C17H24ClN3. The Hall–Kier alpha value is -1.32. The molecule has 0 saturated carbocycles. The summed E-state index contributed by atoms with van der Waals surface area (Å²) < 4.78 is 2.19. The molecule has 0 saturated heterocycles. The summed E-state index contributed by atoms with van der Waals surface area (Å²) in [6, 6.07) is 6.36. The maximum Gasteiger partial charge on any atom is 0.110 e. The largest absolute Gasteiger partial charge is 0.335 e. The zero-order valence-corrected chi connectivity index (χ0v) is 13.8. The van der Waals surface area contributed by atoms with E-state index < -0.39 is 0 Å². The van der Waals surface area contributed by atoms with Crippen molar-refractivity contribution < 1.29 is 0 Å². The van der Waals surface area contributed by atoms with Crippen molar-refractivity contribution in [3.05, 3.63) is 52.6 Å². The molecule has 0 radical (unpaired) electrons. The summed E-state index contributed by atoms with van der Waals surface area (Å²) in [6.45, 7) is 8.40. The quantitative estimate of drug-likeness (QED) is 0.833. The summed E-state index contributed by atoms with van der Waals surface area (Å²) in [5.74, 6) is 1.12. The Morgan fingerprint density at radius 2 is 2.14 bits per heavy atom. The molecule has 1 N–H and O–H groups in total. The molecule has 2 rings (SSSR count). The Morgan fingerprint density at radius 3 is 2.86 bits per heavy atom. The van der Waals surface area contributed by atoms with Crippen LogP contribution in [0.3, 0.4) is 0 Å². The van der Waals surface area contributed by atoms with Crippen molar-refractivity contribution in [2.24, 2.45) is 0 Å². The molecule has 1 heterocycles. The van der Waals surface area contributed by atoms with E-state index in [-0.39, 0.29) is 6.04 Å². The third-order valence-electron chi connectivity index (χ3n) is 3.79. The van der Waals surface area contributed by atoms with Crippen molar-refractivity contribution in [2.45, 2.75) is 46.2 Å². The van der Waals surface area contributed by atoms with Crippen molar-refractivity contribution in [1.29, 1.82) is 0 Å². The van der Waals surface area contributed by atoms with Gasteiger partial charge in [0, 0.05) is 36.4 Å². The first-order valence-electron chi connectivity index (χ1n) is 7.65. The number of aryl methyl sites for hydroxylation is 2. The van der Waals surface area contributed by atoms with Gasteiger partial charge in [0.25, 0.3) is 0 Å². The van der Waals surface area contributed by atoms with Crippen LogP contribution in [0.4, 0.5) is 0 Å². The van der Waals surface area contributed by atoms with Crippen molar-refractivity contribution in [3.8, 4) is 0 Å². The number of imidazole rings is 1. The number of aromatic nitrogens is 2. The molecule has 0 spiro atoms. The molecule has 0 aliphatic carbocycles. The second kappa shape index (κ2) is 7.62. The van der Waals surface area contributed by atoms with Gasteiger partial charge >= 0.3 is 0 Å². The topological polar surface area (TPSA) is 29.9 Å². The Labute approximate surface area is 132 Å². The van der Waals surface area contributed by atoms with E-state index in [1.165, 1.54) is 11.1 Å². The van der Waals surface area contributed by atoms with Gasteiger partial charge in [0.05, 0.1) is 0 Å². The van der Waals surface area contributed by atoms with E-state index in [4.69, 9.17) is 11.6 Å². The lowest BCUT2D eigenvalue weighted by Gasteiger charge is -2.21. The molecule has 0 amide bonds.